The van der Waals surface area contributed by atoms with E-state index in [0.29, 0.717) is 23.7 Å². The van der Waals surface area contributed by atoms with Gasteiger partial charge in [-0.25, -0.2) is 0 Å². The number of nitrogens with zero attached hydrogens (tertiary/aromatic N) is 2. The lowest BCUT2D eigenvalue weighted by molar-refractivity contribution is -0.120. The molecule has 5 nitrogen and oxygen atoms in total. The van der Waals surface area contributed by atoms with E-state index >= 15 is 0 Å². The number of amides is 1. The first-order valence-corrected chi connectivity index (χ1v) is 6.68. The molecule has 0 atom stereocenters. The molecule has 1 aliphatic heterocycles. The van der Waals surface area contributed by atoms with Crippen LogP contribution in [0.3, 0.4) is 0 Å². The number of benzene rings is 2. The molecule has 2 aromatic carbocycles. The minimum atomic E-state index is -0.134. The van der Waals surface area contributed by atoms with Gasteiger partial charge in [-0.2, -0.15) is 0 Å². The Morgan fingerprint density at radius 1 is 1.10 bits per heavy atom. The Bertz CT molecular complexity index is 811. The molecule has 1 aliphatic rings. The third-order valence-corrected chi connectivity index (χ3v) is 3.53. The van der Waals surface area contributed by atoms with E-state index in [-0.39, 0.29) is 12.5 Å². The third kappa shape index (κ3) is 1.94. The van der Waals surface area contributed by atoms with Crippen LogP contribution in [0.4, 0.5) is 5.82 Å². The normalized spacial score (nSPS) is 14.1. The maximum atomic E-state index is 12.3. The van der Waals surface area contributed by atoms with Crippen molar-refractivity contribution >= 4 is 22.7 Å². The van der Waals surface area contributed by atoms with Gasteiger partial charge < -0.3 is 9.26 Å². The summed E-state index contributed by atoms with van der Waals surface area (Å²) < 4.78 is 10.9. The highest BCUT2D eigenvalue weighted by molar-refractivity contribution is 6.05. The van der Waals surface area contributed by atoms with Crippen LogP contribution in [0.1, 0.15) is 5.56 Å². The van der Waals surface area contributed by atoms with Gasteiger partial charge in [-0.15, -0.1) is 0 Å². The first-order valence-electron chi connectivity index (χ1n) is 6.68. The number of ether oxygens (including phenoxy) is 1. The summed E-state index contributed by atoms with van der Waals surface area (Å²) in [7, 11) is 0. The van der Waals surface area contributed by atoms with Crippen molar-refractivity contribution in [3.05, 3.63) is 54.1 Å². The number of hydrogen-bond acceptors (Lipinski definition) is 4. The third-order valence-electron chi connectivity index (χ3n) is 3.53. The number of rotatable bonds is 2. The van der Waals surface area contributed by atoms with E-state index in [1.807, 2.05) is 48.5 Å². The van der Waals surface area contributed by atoms with Crippen LogP contribution in [0.15, 0.2) is 53.1 Å². The van der Waals surface area contributed by atoms with Gasteiger partial charge in [0.05, 0.1) is 6.54 Å². The van der Waals surface area contributed by atoms with E-state index in [1.54, 1.807) is 4.90 Å². The van der Waals surface area contributed by atoms with Gasteiger partial charge in [0.1, 0.15) is 11.1 Å². The van der Waals surface area contributed by atoms with Crippen molar-refractivity contribution in [1.29, 1.82) is 0 Å². The molecule has 0 saturated carbocycles. The van der Waals surface area contributed by atoms with Crippen LogP contribution in [0, 0.1) is 0 Å². The predicted molar refractivity (Wildman–Crippen MR) is 77.1 cm³/mol. The summed E-state index contributed by atoms with van der Waals surface area (Å²) in [6.45, 7) is 0.446. The molecule has 2 heterocycles. The predicted octanol–water partition coefficient (Wildman–Crippen LogP) is 2.75. The quantitative estimate of drug-likeness (QED) is 0.724. The lowest BCUT2D eigenvalue weighted by Crippen LogP contribution is -2.33. The molecular formula is C16H12N2O3. The van der Waals surface area contributed by atoms with Gasteiger partial charge >= 0.3 is 0 Å². The Morgan fingerprint density at radius 3 is 2.81 bits per heavy atom. The summed E-state index contributed by atoms with van der Waals surface area (Å²) in [6.07, 6.45) is 0. The summed E-state index contributed by atoms with van der Waals surface area (Å²) >= 11 is 0. The van der Waals surface area contributed by atoms with Crippen molar-refractivity contribution in [3.63, 3.8) is 0 Å². The van der Waals surface area contributed by atoms with Crippen molar-refractivity contribution in [2.45, 2.75) is 6.54 Å². The molecule has 104 valence electrons. The van der Waals surface area contributed by atoms with Crippen LogP contribution in [0.2, 0.25) is 0 Å². The summed E-state index contributed by atoms with van der Waals surface area (Å²) in [5.74, 6) is 1.02. The van der Waals surface area contributed by atoms with Crippen molar-refractivity contribution in [2.75, 3.05) is 11.5 Å². The molecule has 0 N–H and O–H groups in total. The lowest BCUT2D eigenvalue weighted by Gasteiger charge is -2.17. The van der Waals surface area contributed by atoms with E-state index in [9.17, 15) is 4.79 Å². The fourth-order valence-electron chi connectivity index (χ4n) is 2.51. The van der Waals surface area contributed by atoms with Gasteiger partial charge in [0.15, 0.2) is 18.0 Å². The first kappa shape index (κ1) is 12.0. The molecule has 3 aromatic rings. The first-order chi connectivity index (χ1) is 10.3. The number of aromatic nitrogens is 1. The molecule has 5 heteroatoms. The van der Waals surface area contributed by atoms with Crippen LogP contribution >= 0.6 is 0 Å². The van der Waals surface area contributed by atoms with Gasteiger partial charge in [0.25, 0.3) is 5.91 Å². The number of carbonyl (C=O) groups excluding carboxylic acids is 1. The van der Waals surface area contributed by atoms with E-state index in [1.165, 1.54) is 0 Å². The minimum absolute atomic E-state index is 0.00229. The van der Waals surface area contributed by atoms with E-state index < -0.39 is 0 Å². The summed E-state index contributed by atoms with van der Waals surface area (Å²) in [6, 6.07) is 15.2. The van der Waals surface area contributed by atoms with Crippen LogP contribution in [-0.4, -0.2) is 17.7 Å². The summed E-state index contributed by atoms with van der Waals surface area (Å²) in [5, 5.41) is 4.81. The van der Waals surface area contributed by atoms with Gasteiger partial charge in [-0.05, 0) is 17.7 Å². The Hall–Kier alpha value is -2.82. The zero-order valence-corrected chi connectivity index (χ0v) is 11.2. The van der Waals surface area contributed by atoms with Crippen molar-refractivity contribution in [2.24, 2.45) is 0 Å². The van der Waals surface area contributed by atoms with Gasteiger partial charge in [0.2, 0.25) is 0 Å². The van der Waals surface area contributed by atoms with Crippen LogP contribution in [-0.2, 0) is 11.3 Å². The second kappa shape index (κ2) is 4.63. The molecule has 0 radical (unpaired) electrons. The zero-order valence-electron chi connectivity index (χ0n) is 11.2. The largest absolute Gasteiger partial charge is 0.483 e. The van der Waals surface area contributed by atoms with Crippen molar-refractivity contribution in [3.8, 4) is 5.75 Å². The summed E-state index contributed by atoms with van der Waals surface area (Å²) in [5.41, 5.74) is 1.65. The van der Waals surface area contributed by atoms with Crippen LogP contribution < -0.4 is 9.64 Å². The van der Waals surface area contributed by atoms with E-state index in [2.05, 4.69) is 5.16 Å². The maximum absolute atomic E-state index is 12.3. The minimum Gasteiger partial charge on any atom is -0.483 e. The molecule has 1 aromatic heterocycles. The molecular weight excluding hydrogens is 268 g/mol. The number of anilines is 1. The van der Waals surface area contributed by atoms with Crippen molar-refractivity contribution in [1.82, 2.24) is 5.16 Å². The Labute approximate surface area is 120 Å². The lowest BCUT2D eigenvalue weighted by atomic mass is 10.2. The van der Waals surface area contributed by atoms with Gasteiger partial charge in [-0.1, -0.05) is 41.6 Å². The summed E-state index contributed by atoms with van der Waals surface area (Å²) in [4.78, 5) is 14.0. The van der Waals surface area contributed by atoms with E-state index in [0.717, 1.165) is 10.9 Å². The Kier molecular flexibility index (Phi) is 2.64. The average Bonchev–Trinajstić information content (AvgIpc) is 2.90. The second-order valence-electron chi connectivity index (χ2n) is 4.89. The highest BCUT2D eigenvalue weighted by atomic mass is 16.5. The average molecular weight is 280 g/mol. The molecule has 0 bridgehead atoms. The SMILES string of the molecule is O=C1COc2cccc3onc(c23)N1Cc1ccccc1. The fraction of sp³-hybridized carbons (Fsp3) is 0.125. The molecule has 4 rings (SSSR count). The second-order valence-corrected chi connectivity index (χ2v) is 4.89. The number of hydrogen-bond donors (Lipinski definition) is 0. The molecule has 1 amide bonds. The fourth-order valence-corrected chi connectivity index (χ4v) is 2.51. The molecule has 0 saturated heterocycles. The zero-order chi connectivity index (χ0) is 14.2. The molecule has 0 fully saturated rings. The molecule has 21 heavy (non-hydrogen) atoms. The maximum Gasteiger partial charge on any atom is 0.266 e. The number of carbonyl (C=O) groups is 1. The Balaban J connectivity index is 1.83. The van der Waals surface area contributed by atoms with Crippen LogP contribution in [0.5, 0.6) is 5.75 Å². The highest BCUT2D eigenvalue weighted by Crippen LogP contribution is 2.36. The molecule has 0 unspecified atom stereocenters. The standard InChI is InChI=1S/C16H12N2O3/c19-14-10-20-12-7-4-8-13-15(12)16(17-21-13)18(14)9-11-5-2-1-3-6-11/h1-8H,9-10H2. The van der Waals surface area contributed by atoms with E-state index in [4.69, 9.17) is 9.26 Å². The monoisotopic (exact) mass is 280 g/mol. The van der Waals surface area contributed by atoms with Crippen molar-refractivity contribution < 1.29 is 14.1 Å². The topological polar surface area (TPSA) is 55.6 Å². The molecule has 0 aliphatic carbocycles. The van der Waals surface area contributed by atoms with Gasteiger partial charge in [-0.3, -0.25) is 9.69 Å². The van der Waals surface area contributed by atoms with Crippen LogP contribution in [0.25, 0.3) is 11.0 Å². The van der Waals surface area contributed by atoms with Gasteiger partial charge in [0, 0.05) is 0 Å². The Morgan fingerprint density at radius 2 is 1.95 bits per heavy atom. The highest BCUT2D eigenvalue weighted by Gasteiger charge is 2.28. The molecule has 0 spiro atoms. The smallest absolute Gasteiger partial charge is 0.266 e.